The van der Waals surface area contributed by atoms with E-state index in [2.05, 4.69) is 5.32 Å². The Hall–Kier alpha value is -3.46. The number of nitriles is 1. The first-order chi connectivity index (χ1) is 15.0. The number of carbonyl (C=O) groups is 1. The van der Waals surface area contributed by atoms with Gasteiger partial charge in [0.25, 0.3) is 5.91 Å². The van der Waals surface area contributed by atoms with E-state index in [-0.39, 0.29) is 17.2 Å². The normalized spacial score (nSPS) is 10.8. The summed E-state index contributed by atoms with van der Waals surface area (Å²) in [7, 11) is 1.55. The second-order valence-electron chi connectivity index (χ2n) is 6.43. The van der Waals surface area contributed by atoms with Crippen molar-refractivity contribution in [3.63, 3.8) is 0 Å². The van der Waals surface area contributed by atoms with E-state index in [9.17, 15) is 10.1 Å². The summed E-state index contributed by atoms with van der Waals surface area (Å²) in [5.41, 5.74) is 1.77. The molecule has 156 valence electrons. The second-order valence-corrected chi connectivity index (χ2v) is 7.28. The van der Waals surface area contributed by atoms with Gasteiger partial charge in [0.05, 0.1) is 12.1 Å². The lowest BCUT2D eigenvalue weighted by Crippen LogP contribution is -2.13. The highest BCUT2D eigenvalue weighted by atomic mass is 35.5. The maximum Gasteiger partial charge on any atom is 0.266 e. The van der Waals surface area contributed by atoms with Crippen LogP contribution in [0.15, 0.2) is 72.3 Å². The van der Waals surface area contributed by atoms with Gasteiger partial charge in [0.15, 0.2) is 0 Å². The molecule has 3 aromatic carbocycles. The summed E-state index contributed by atoms with van der Waals surface area (Å²) in [6.45, 7) is 0.267. The topological polar surface area (TPSA) is 71.3 Å². The first kappa shape index (κ1) is 22.2. The Morgan fingerprint density at radius 1 is 1.10 bits per heavy atom. The minimum Gasteiger partial charge on any atom is -0.497 e. The van der Waals surface area contributed by atoms with Gasteiger partial charge in [0, 0.05) is 16.3 Å². The molecule has 0 saturated carbocycles. The first-order valence-electron chi connectivity index (χ1n) is 9.23. The zero-order chi connectivity index (χ0) is 22.2. The fourth-order valence-corrected chi connectivity index (χ4v) is 3.31. The molecule has 0 bridgehead atoms. The van der Waals surface area contributed by atoms with Crippen molar-refractivity contribution in [1.82, 2.24) is 0 Å². The number of hydrogen-bond donors (Lipinski definition) is 1. The van der Waals surface area contributed by atoms with Crippen molar-refractivity contribution >= 4 is 40.9 Å². The molecule has 0 heterocycles. The lowest BCUT2D eigenvalue weighted by atomic mass is 10.1. The quantitative estimate of drug-likeness (QED) is 0.345. The number of carbonyl (C=O) groups excluding carboxylic acids is 1. The van der Waals surface area contributed by atoms with Gasteiger partial charge in [-0.2, -0.15) is 5.26 Å². The monoisotopic (exact) mass is 452 g/mol. The molecule has 0 atom stereocenters. The number of benzene rings is 3. The molecule has 0 fully saturated rings. The van der Waals surface area contributed by atoms with Crippen LogP contribution in [0.2, 0.25) is 10.0 Å². The first-order valence-corrected chi connectivity index (χ1v) is 9.98. The Balaban J connectivity index is 1.86. The van der Waals surface area contributed by atoms with Gasteiger partial charge in [-0.1, -0.05) is 53.5 Å². The Labute approximate surface area is 190 Å². The number of amides is 1. The Kier molecular flexibility index (Phi) is 7.55. The van der Waals surface area contributed by atoms with Gasteiger partial charge in [-0.3, -0.25) is 4.79 Å². The van der Waals surface area contributed by atoms with E-state index in [1.807, 2.05) is 36.4 Å². The lowest BCUT2D eigenvalue weighted by molar-refractivity contribution is -0.112. The van der Waals surface area contributed by atoms with Gasteiger partial charge in [0.1, 0.15) is 29.7 Å². The SMILES string of the molecule is COc1ccc(NC(=O)/C(C#N)=C/c2cc(Cl)cc(Cl)c2OCc2ccccc2)cc1. The summed E-state index contributed by atoms with van der Waals surface area (Å²) in [4.78, 5) is 12.6. The zero-order valence-corrected chi connectivity index (χ0v) is 18.1. The molecule has 31 heavy (non-hydrogen) atoms. The van der Waals surface area contributed by atoms with E-state index in [1.165, 1.54) is 6.08 Å². The summed E-state index contributed by atoms with van der Waals surface area (Å²) in [5, 5.41) is 12.9. The van der Waals surface area contributed by atoms with E-state index in [0.29, 0.717) is 27.8 Å². The van der Waals surface area contributed by atoms with Crippen LogP contribution >= 0.6 is 23.2 Å². The highest BCUT2D eigenvalue weighted by Gasteiger charge is 2.15. The summed E-state index contributed by atoms with van der Waals surface area (Å²) >= 11 is 12.5. The standard InChI is InChI=1S/C24H18Cl2N2O3/c1-30-21-9-7-20(8-10-21)28-24(29)18(14-27)11-17-12-19(25)13-22(26)23(17)31-15-16-5-3-2-4-6-16/h2-13H,15H2,1H3,(H,28,29)/b18-11+. The zero-order valence-electron chi connectivity index (χ0n) is 16.6. The Morgan fingerprint density at radius 2 is 1.81 bits per heavy atom. The molecule has 0 spiro atoms. The number of methoxy groups -OCH3 is 1. The van der Waals surface area contributed by atoms with Crippen molar-refractivity contribution in [2.45, 2.75) is 6.61 Å². The Morgan fingerprint density at radius 3 is 2.45 bits per heavy atom. The molecule has 0 aliphatic carbocycles. The van der Waals surface area contributed by atoms with Crippen LogP contribution < -0.4 is 14.8 Å². The molecule has 0 aliphatic heterocycles. The van der Waals surface area contributed by atoms with Crippen LogP contribution in [-0.4, -0.2) is 13.0 Å². The number of nitrogens with one attached hydrogen (secondary N) is 1. The van der Waals surface area contributed by atoms with Gasteiger partial charge in [0.2, 0.25) is 0 Å². The van der Waals surface area contributed by atoms with Crippen LogP contribution in [0.4, 0.5) is 5.69 Å². The third-order valence-electron chi connectivity index (χ3n) is 4.28. The number of anilines is 1. The molecule has 7 heteroatoms. The van der Waals surface area contributed by atoms with Crippen molar-refractivity contribution in [3.8, 4) is 17.6 Å². The predicted octanol–water partition coefficient (Wildman–Crippen LogP) is 6.13. The van der Waals surface area contributed by atoms with Crippen LogP contribution in [0.25, 0.3) is 6.08 Å². The fraction of sp³-hybridized carbons (Fsp3) is 0.0833. The van der Waals surface area contributed by atoms with Gasteiger partial charge in [-0.25, -0.2) is 0 Å². The third kappa shape index (κ3) is 6.02. The van der Waals surface area contributed by atoms with Crippen LogP contribution in [0.3, 0.4) is 0 Å². The third-order valence-corrected chi connectivity index (χ3v) is 4.77. The van der Waals surface area contributed by atoms with Gasteiger partial charge in [-0.15, -0.1) is 0 Å². The van der Waals surface area contributed by atoms with E-state index in [4.69, 9.17) is 32.7 Å². The average molecular weight is 453 g/mol. The average Bonchev–Trinajstić information content (AvgIpc) is 2.77. The highest BCUT2D eigenvalue weighted by Crippen LogP contribution is 2.34. The van der Waals surface area contributed by atoms with E-state index in [0.717, 1.165) is 5.56 Å². The summed E-state index contributed by atoms with van der Waals surface area (Å²) in [5.74, 6) is 0.417. The minimum absolute atomic E-state index is 0.126. The molecule has 0 aliphatic rings. The van der Waals surface area contributed by atoms with Crippen molar-refractivity contribution in [1.29, 1.82) is 5.26 Å². The van der Waals surface area contributed by atoms with Crippen LogP contribution in [0, 0.1) is 11.3 Å². The fourth-order valence-electron chi connectivity index (χ4n) is 2.75. The van der Waals surface area contributed by atoms with E-state index < -0.39 is 5.91 Å². The van der Waals surface area contributed by atoms with Crippen LogP contribution in [0.5, 0.6) is 11.5 Å². The number of nitrogens with zero attached hydrogens (tertiary/aromatic N) is 1. The van der Waals surface area contributed by atoms with Crippen molar-refractivity contribution in [3.05, 3.63) is 93.5 Å². The summed E-state index contributed by atoms with van der Waals surface area (Å²) in [6, 6.07) is 21.4. The smallest absolute Gasteiger partial charge is 0.266 e. The summed E-state index contributed by atoms with van der Waals surface area (Å²) in [6.07, 6.45) is 1.40. The van der Waals surface area contributed by atoms with Gasteiger partial charge in [-0.05, 0) is 48.0 Å². The van der Waals surface area contributed by atoms with Gasteiger partial charge < -0.3 is 14.8 Å². The number of halogens is 2. The Bertz CT molecular complexity index is 1140. The summed E-state index contributed by atoms with van der Waals surface area (Å²) < 4.78 is 11.0. The van der Waals surface area contributed by atoms with Crippen LogP contribution in [-0.2, 0) is 11.4 Å². The highest BCUT2D eigenvalue weighted by molar-refractivity contribution is 6.36. The molecule has 5 nitrogen and oxygen atoms in total. The molecule has 0 radical (unpaired) electrons. The van der Waals surface area contributed by atoms with Crippen molar-refractivity contribution in [2.75, 3.05) is 12.4 Å². The number of ether oxygens (including phenoxy) is 2. The number of rotatable bonds is 7. The number of hydrogen-bond acceptors (Lipinski definition) is 4. The van der Waals surface area contributed by atoms with Crippen molar-refractivity contribution < 1.29 is 14.3 Å². The lowest BCUT2D eigenvalue weighted by Gasteiger charge is -2.13. The largest absolute Gasteiger partial charge is 0.497 e. The second kappa shape index (κ2) is 10.5. The predicted molar refractivity (Wildman–Crippen MR) is 122 cm³/mol. The van der Waals surface area contributed by atoms with Crippen LogP contribution in [0.1, 0.15) is 11.1 Å². The molecule has 0 saturated heterocycles. The van der Waals surface area contributed by atoms with E-state index >= 15 is 0 Å². The maximum absolute atomic E-state index is 12.6. The maximum atomic E-state index is 12.6. The molecule has 0 unspecified atom stereocenters. The molecule has 1 N–H and O–H groups in total. The molecule has 1 amide bonds. The van der Waals surface area contributed by atoms with Crippen molar-refractivity contribution in [2.24, 2.45) is 0 Å². The molecular weight excluding hydrogens is 435 g/mol. The molecule has 0 aromatic heterocycles. The van der Waals surface area contributed by atoms with E-state index in [1.54, 1.807) is 43.5 Å². The minimum atomic E-state index is -0.572. The molecule has 3 aromatic rings. The van der Waals surface area contributed by atoms with Gasteiger partial charge >= 0.3 is 0 Å². The molecular formula is C24H18Cl2N2O3. The molecule has 3 rings (SSSR count).